The summed E-state index contributed by atoms with van der Waals surface area (Å²) in [6.07, 6.45) is 4.71. The molecule has 1 spiro atoms. The van der Waals surface area contributed by atoms with Gasteiger partial charge in [0.1, 0.15) is 23.3 Å². The Morgan fingerprint density at radius 3 is 2.58 bits per heavy atom. The molecule has 1 aromatic rings. The molecule has 0 saturated carbocycles. The molecule has 3 heterocycles. The van der Waals surface area contributed by atoms with E-state index in [-0.39, 0.29) is 38.1 Å². The van der Waals surface area contributed by atoms with E-state index in [0.717, 1.165) is 0 Å². The van der Waals surface area contributed by atoms with Crippen molar-refractivity contribution in [2.75, 3.05) is 38.3 Å². The zero-order valence-corrected chi connectivity index (χ0v) is 20.9. The molecule has 1 aromatic carbocycles. The van der Waals surface area contributed by atoms with E-state index < -0.39 is 35.0 Å². The van der Waals surface area contributed by atoms with Gasteiger partial charge in [-0.05, 0) is 50.5 Å². The van der Waals surface area contributed by atoms with Crippen LogP contribution in [0.5, 0.6) is 5.75 Å². The van der Waals surface area contributed by atoms with Crippen molar-refractivity contribution in [3.63, 3.8) is 0 Å². The largest absolute Gasteiger partial charge is 0.497 e. The lowest BCUT2D eigenvalue weighted by Gasteiger charge is -2.36. The first-order chi connectivity index (χ1) is 17.3. The van der Waals surface area contributed by atoms with E-state index in [9.17, 15) is 19.5 Å². The Morgan fingerprint density at radius 1 is 1.25 bits per heavy atom. The number of anilines is 1. The summed E-state index contributed by atoms with van der Waals surface area (Å²) in [5.41, 5.74) is -1.50. The number of carbonyl (C=O) groups excluding carboxylic acids is 3. The molecule has 0 aromatic heterocycles. The van der Waals surface area contributed by atoms with Gasteiger partial charge in [0.25, 0.3) is 5.91 Å². The summed E-state index contributed by atoms with van der Waals surface area (Å²) in [5, 5.41) is 9.77. The van der Waals surface area contributed by atoms with Gasteiger partial charge in [-0.3, -0.25) is 14.4 Å². The number of esters is 1. The number of nitrogens with zero attached hydrogens (tertiary/aromatic N) is 2. The maximum atomic E-state index is 14.2. The summed E-state index contributed by atoms with van der Waals surface area (Å²) in [5.74, 6) is -2.29. The summed E-state index contributed by atoms with van der Waals surface area (Å²) in [4.78, 5) is 44.1. The van der Waals surface area contributed by atoms with E-state index in [1.54, 1.807) is 48.4 Å². The van der Waals surface area contributed by atoms with Gasteiger partial charge in [-0.2, -0.15) is 0 Å². The average Bonchev–Trinajstić information content (AvgIpc) is 3.43. The molecule has 2 bridgehead atoms. The standard InChI is InChI=1S/C27H34N2O7/c1-5-7-17-35-25(33)21-20-23(31)29(15-16-30)22(27(20)13-12-26(21,3)36-27)24(32)28(14-6-2)18-8-10-19(34-4)11-9-18/h5-6,8-11,20-22,30H,1-2,7,12-17H2,3-4H3/t20-,21-,22?,26+,27?/m0/s1. The molecule has 3 fully saturated rings. The molecule has 4 rings (SSSR count). The van der Waals surface area contributed by atoms with Crippen LogP contribution in [0.1, 0.15) is 26.2 Å². The Balaban J connectivity index is 1.73. The van der Waals surface area contributed by atoms with Crippen LogP contribution in [0.15, 0.2) is 49.6 Å². The van der Waals surface area contributed by atoms with E-state index in [1.807, 2.05) is 6.92 Å². The van der Waals surface area contributed by atoms with Crippen LogP contribution in [0.3, 0.4) is 0 Å². The first-order valence-electron chi connectivity index (χ1n) is 12.2. The monoisotopic (exact) mass is 498 g/mol. The van der Waals surface area contributed by atoms with Crippen LogP contribution < -0.4 is 9.64 Å². The number of amides is 2. The molecule has 9 nitrogen and oxygen atoms in total. The number of ether oxygens (including phenoxy) is 3. The molecule has 0 radical (unpaired) electrons. The van der Waals surface area contributed by atoms with Gasteiger partial charge in [-0.25, -0.2) is 0 Å². The third kappa shape index (κ3) is 4.00. The van der Waals surface area contributed by atoms with Gasteiger partial charge in [-0.1, -0.05) is 12.2 Å². The van der Waals surface area contributed by atoms with Crippen LogP contribution in [0, 0.1) is 11.8 Å². The van der Waals surface area contributed by atoms with Crippen LogP contribution in [0.25, 0.3) is 0 Å². The van der Waals surface area contributed by atoms with Crippen LogP contribution in [0.2, 0.25) is 0 Å². The molecule has 2 amide bonds. The number of rotatable bonds is 11. The van der Waals surface area contributed by atoms with E-state index in [4.69, 9.17) is 14.2 Å². The van der Waals surface area contributed by atoms with Crippen molar-refractivity contribution in [2.24, 2.45) is 11.8 Å². The Hall–Kier alpha value is -3.17. The third-order valence-electron chi connectivity index (χ3n) is 7.63. The molecule has 3 aliphatic rings. The molecule has 9 heteroatoms. The van der Waals surface area contributed by atoms with Gasteiger partial charge in [-0.15, -0.1) is 13.2 Å². The number of hydrogen-bond acceptors (Lipinski definition) is 7. The van der Waals surface area contributed by atoms with E-state index >= 15 is 0 Å². The summed E-state index contributed by atoms with van der Waals surface area (Å²) < 4.78 is 17.2. The van der Waals surface area contributed by atoms with Crippen molar-refractivity contribution in [1.29, 1.82) is 0 Å². The Morgan fingerprint density at radius 2 is 1.97 bits per heavy atom. The Kier molecular flexibility index (Phi) is 7.24. The lowest BCUT2D eigenvalue weighted by atomic mass is 9.66. The quantitative estimate of drug-likeness (QED) is 0.283. The molecule has 5 atom stereocenters. The molecule has 1 N–H and O–H groups in total. The highest BCUT2D eigenvalue weighted by Crippen LogP contribution is 2.63. The van der Waals surface area contributed by atoms with Crippen LogP contribution in [0.4, 0.5) is 5.69 Å². The fourth-order valence-electron chi connectivity index (χ4n) is 6.11. The molecule has 0 aliphatic carbocycles. The van der Waals surface area contributed by atoms with E-state index in [2.05, 4.69) is 13.2 Å². The van der Waals surface area contributed by atoms with E-state index in [1.165, 1.54) is 4.90 Å². The van der Waals surface area contributed by atoms with Crippen molar-refractivity contribution in [1.82, 2.24) is 4.90 Å². The summed E-state index contributed by atoms with van der Waals surface area (Å²) in [6.45, 7) is 9.24. The van der Waals surface area contributed by atoms with Gasteiger partial charge in [0.2, 0.25) is 5.91 Å². The lowest BCUT2D eigenvalue weighted by Crippen LogP contribution is -2.56. The number of aliphatic hydroxyl groups is 1. The van der Waals surface area contributed by atoms with Crippen molar-refractivity contribution >= 4 is 23.5 Å². The average molecular weight is 499 g/mol. The fraction of sp³-hybridized carbons (Fsp3) is 0.519. The minimum atomic E-state index is -1.19. The smallest absolute Gasteiger partial charge is 0.312 e. The Labute approximate surface area is 211 Å². The predicted octanol–water partition coefficient (Wildman–Crippen LogP) is 2.09. The van der Waals surface area contributed by atoms with Gasteiger partial charge in [0, 0.05) is 18.8 Å². The number of aliphatic hydroxyl groups excluding tert-OH is 1. The zero-order chi connectivity index (χ0) is 26.1. The maximum Gasteiger partial charge on any atom is 0.312 e. The molecule has 3 aliphatic heterocycles. The molecule has 194 valence electrons. The lowest BCUT2D eigenvalue weighted by molar-refractivity contribution is -0.159. The number of fused-ring (bicyclic) bond motifs is 1. The number of methoxy groups -OCH3 is 1. The Bertz CT molecular complexity index is 1040. The second kappa shape index (κ2) is 10.1. The number of β-amino-alcohol motifs (C(OH)–C–C–N with tert-alkyl or cyclic N) is 1. The van der Waals surface area contributed by atoms with Gasteiger partial charge in [0.05, 0.1) is 31.8 Å². The normalized spacial score (nSPS) is 30.1. The van der Waals surface area contributed by atoms with Gasteiger partial charge < -0.3 is 29.1 Å². The van der Waals surface area contributed by atoms with Gasteiger partial charge >= 0.3 is 5.97 Å². The molecule has 36 heavy (non-hydrogen) atoms. The van der Waals surface area contributed by atoms with Gasteiger partial charge in [0.15, 0.2) is 0 Å². The minimum absolute atomic E-state index is 0.0453. The fourth-order valence-corrected chi connectivity index (χ4v) is 6.11. The first kappa shape index (κ1) is 25.9. The third-order valence-corrected chi connectivity index (χ3v) is 7.63. The molecular formula is C27H34N2O7. The SMILES string of the molecule is C=CCCOC(=O)[C@@H]1[C@H]2C(=O)N(CCO)C(C(=O)N(CC=C)c3ccc(OC)cc3)C23CC[C@@]1(C)O3. The first-order valence-corrected chi connectivity index (χ1v) is 12.2. The number of carbonyl (C=O) groups is 3. The summed E-state index contributed by atoms with van der Waals surface area (Å²) >= 11 is 0. The molecule has 2 unspecified atom stereocenters. The predicted molar refractivity (Wildman–Crippen MR) is 132 cm³/mol. The van der Waals surface area contributed by atoms with Crippen LogP contribution in [-0.4, -0.2) is 78.4 Å². The number of benzene rings is 1. The topological polar surface area (TPSA) is 106 Å². The second-order valence-corrected chi connectivity index (χ2v) is 9.66. The van der Waals surface area contributed by atoms with Crippen molar-refractivity contribution in [2.45, 2.75) is 43.4 Å². The molecular weight excluding hydrogens is 464 g/mol. The second-order valence-electron chi connectivity index (χ2n) is 9.66. The van der Waals surface area contributed by atoms with Crippen LogP contribution in [-0.2, 0) is 23.9 Å². The highest BCUT2D eigenvalue weighted by Gasteiger charge is 2.78. The highest BCUT2D eigenvalue weighted by molar-refractivity contribution is 6.04. The highest BCUT2D eigenvalue weighted by atomic mass is 16.6. The maximum absolute atomic E-state index is 14.2. The summed E-state index contributed by atoms with van der Waals surface area (Å²) in [7, 11) is 1.56. The minimum Gasteiger partial charge on any atom is -0.497 e. The van der Waals surface area contributed by atoms with Crippen molar-refractivity contribution < 1.29 is 33.7 Å². The van der Waals surface area contributed by atoms with Crippen molar-refractivity contribution in [3.8, 4) is 5.75 Å². The van der Waals surface area contributed by atoms with Crippen molar-refractivity contribution in [3.05, 3.63) is 49.6 Å². The molecule has 3 saturated heterocycles. The summed E-state index contributed by atoms with van der Waals surface area (Å²) in [6, 6.07) is 6.02. The van der Waals surface area contributed by atoms with Crippen LogP contribution >= 0.6 is 0 Å². The zero-order valence-electron chi connectivity index (χ0n) is 20.9. The number of likely N-dealkylation sites (tertiary alicyclic amines) is 1. The van der Waals surface area contributed by atoms with E-state index in [0.29, 0.717) is 30.7 Å². The number of hydrogen-bond donors (Lipinski definition) is 1.